The summed E-state index contributed by atoms with van der Waals surface area (Å²) in [7, 11) is 0. The van der Waals surface area contributed by atoms with E-state index in [1.54, 1.807) is 18.2 Å². The molecule has 0 saturated carbocycles. The van der Waals surface area contributed by atoms with Crippen molar-refractivity contribution in [2.45, 2.75) is 31.8 Å². The third-order valence-corrected chi connectivity index (χ3v) is 6.81. The number of rotatable bonds is 12. The largest absolute Gasteiger partial charge is 0.493 e. The molecule has 1 amide bonds. The monoisotopic (exact) mass is 563 g/mol. The molecule has 0 radical (unpaired) electrons. The molecule has 1 aliphatic heterocycles. The van der Waals surface area contributed by atoms with Crippen LogP contribution in [0.3, 0.4) is 0 Å². The molecule has 5 rings (SSSR count). The van der Waals surface area contributed by atoms with Gasteiger partial charge in [-0.3, -0.25) is 14.4 Å². The maximum absolute atomic E-state index is 13.4. The highest BCUT2D eigenvalue weighted by atomic mass is 19.1. The smallest absolute Gasteiger partial charge is 0.358 e. The van der Waals surface area contributed by atoms with Crippen molar-refractivity contribution in [3.63, 3.8) is 0 Å². The molecule has 0 spiro atoms. The van der Waals surface area contributed by atoms with Crippen LogP contribution in [0.5, 0.6) is 5.75 Å². The first-order valence-corrected chi connectivity index (χ1v) is 13.3. The molecule has 0 bridgehead atoms. The Bertz CT molecular complexity index is 1550. The quantitative estimate of drug-likeness (QED) is 0.189. The highest BCUT2D eigenvalue weighted by Gasteiger charge is 2.23. The molecule has 4 N–H and O–H groups in total. The zero-order valence-electron chi connectivity index (χ0n) is 22.2. The number of nitrogens with one attached hydrogen (secondary N) is 2. The number of hydrogen-bond acceptors (Lipinski definition) is 9. The SMILES string of the molecule is O=C(Cn1cc(Nc2ncnc3cc(OCCCN4CCC[C@@H]4CO)ccc23)c(C(=O)O)n1)Nc1cccc(F)c1. The van der Waals surface area contributed by atoms with Gasteiger partial charge in [0.05, 0.1) is 24.4 Å². The van der Waals surface area contributed by atoms with Crippen LogP contribution < -0.4 is 15.4 Å². The van der Waals surface area contributed by atoms with E-state index in [2.05, 4.69) is 30.6 Å². The van der Waals surface area contributed by atoms with Gasteiger partial charge in [0.15, 0.2) is 5.69 Å². The average Bonchev–Trinajstić information content (AvgIpc) is 3.57. The Morgan fingerprint density at radius 3 is 2.85 bits per heavy atom. The molecule has 3 heterocycles. The Morgan fingerprint density at radius 2 is 2.05 bits per heavy atom. The minimum absolute atomic E-state index is 0.138. The predicted molar refractivity (Wildman–Crippen MR) is 149 cm³/mol. The van der Waals surface area contributed by atoms with Gasteiger partial charge in [0.2, 0.25) is 5.91 Å². The molecular formula is C28H30FN7O5. The van der Waals surface area contributed by atoms with E-state index in [0.717, 1.165) is 32.4 Å². The van der Waals surface area contributed by atoms with Gasteiger partial charge in [0, 0.05) is 35.9 Å². The van der Waals surface area contributed by atoms with Crippen molar-refractivity contribution in [3.8, 4) is 5.75 Å². The second-order valence-electron chi connectivity index (χ2n) is 9.70. The number of ether oxygens (including phenoxy) is 1. The number of fused-ring (bicyclic) bond motifs is 1. The number of halogens is 1. The lowest BCUT2D eigenvalue weighted by molar-refractivity contribution is -0.116. The fourth-order valence-electron chi connectivity index (χ4n) is 4.87. The number of nitrogens with zero attached hydrogens (tertiary/aromatic N) is 5. The number of amides is 1. The average molecular weight is 564 g/mol. The third kappa shape index (κ3) is 6.94. The molecular weight excluding hydrogens is 533 g/mol. The van der Waals surface area contributed by atoms with Crippen molar-refractivity contribution < 1.29 is 28.9 Å². The summed E-state index contributed by atoms with van der Waals surface area (Å²) in [5, 5.41) is 29.4. The van der Waals surface area contributed by atoms with E-state index in [-0.39, 0.29) is 36.3 Å². The van der Waals surface area contributed by atoms with E-state index in [1.807, 2.05) is 0 Å². The summed E-state index contributed by atoms with van der Waals surface area (Å²) in [6.45, 7) is 2.27. The van der Waals surface area contributed by atoms with Gasteiger partial charge in [-0.1, -0.05) is 6.07 Å². The van der Waals surface area contributed by atoms with Gasteiger partial charge >= 0.3 is 5.97 Å². The van der Waals surface area contributed by atoms with E-state index in [1.165, 1.54) is 41.5 Å². The van der Waals surface area contributed by atoms with E-state index >= 15 is 0 Å². The first-order chi connectivity index (χ1) is 19.9. The number of aliphatic hydroxyl groups is 1. The maximum Gasteiger partial charge on any atom is 0.358 e. The summed E-state index contributed by atoms with van der Waals surface area (Å²) < 4.78 is 20.5. The highest BCUT2D eigenvalue weighted by molar-refractivity contribution is 5.96. The minimum Gasteiger partial charge on any atom is -0.493 e. The number of aliphatic hydroxyl groups excluding tert-OH is 1. The molecule has 214 valence electrons. The second kappa shape index (κ2) is 12.7. The van der Waals surface area contributed by atoms with Crippen LogP contribution in [0.1, 0.15) is 29.8 Å². The number of aromatic nitrogens is 4. The number of hydrogen-bond donors (Lipinski definition) is 4. The zero-order chi connectivity index (χ0) is 28.8. The second-order valence-corrected chi connectivity index (χ2v) is 9.70. The Morgan fingerprint density at radius 1 is 1.17 bits per heavy atom. The number of benzene rings is 2. The topological polar surface area (TPSA) is 155 Å². The van der Waals surface area contributed by atoms with Gasteiger partial charge in [-0.05, 0) is 56.1 Å². The number of carbonyl (C=O) groups excluding carboxylic acids is 1. The number of carboxylic acids is 1. The van der Waals surface area contributed by atoms with Crippen LogP contribution in [-0.4, -0.2) is 79.1 Å². The van der Waals surface area contributed by atoms with Crippen molar-refractivity contribution in [1.82, 2.24) is 24.6 Å². The lowest BCUT2D eigenvalue weighted by Gasteiger charge is -2.22. The minimum atomic E-state index is -1.29. The van der Waals surface area contributed by atoms with E-state index in [9.17, 15) is 24.2 Å². The highest BCUT2D eigenvalue weighted by Crippen LogP contribution is 2.28. The van der Waals surface area contributed by atoms with Crippen LogP contribution in [0.15, 0.2) is 55.0 Å². The summed E-state index contributed by atoms with van der Waals surface area (Å²) in [6, 6.07) is 11.0. The number of likely N-dealkylation sites (tertiary alicyclic amines) is 1. The summed E-state index contributed by atoms with van der Waals surface area (Å²) in [5.74, 6) is -1.28. The number of carbonyl (C=O) groups is 2. The lowest BCUT2D eigenvalue weighted by Crippen LogP contribution is -2.33. The summed E-state index contributed by atoms with van der Waals surface area (Å²) in [5.41, 5.74) is 0.714. The van der Waals surface area contributed by atoms with Gasteiger partial charge in [-0.25, -0.2) is 19.2 Å². The molecule has 12 nitrogen and oxygen atoms in total. The fraction of sp³-hybridized carbons (Fsp3) is 0.321. The zero-order valence-corrected chi connectivity index (χ0v) is 22.2. The first-order valence-electron chi connectivity index (χ1n) is 13.3. The molecule has 1 atom stereocenters. The van der Waals surface area contributed by atoms with Crippen LogP contribution in [0.4, 0.5) is 21.6 Å². The van der Waals surface area contributed by atoms with Crippen molar-refractivity contribution in [2.75, 3.05) is 36.9 Å². The molecule has 4 aromatic rings. The predicted octanol–water partition coefficient (Wildman–Crippen LogP) is 3.27. The molecule has 2 aromatic carbocycles. The van der Waals surface area contributed by atoms with Crippen molar-refractivity contribution in [3.05, 3.63) is 66.5 Å². The van der Waals surface area contributed by atoms with E-state index in [0.29, 0.717) is 29.1 Å². The summed E-state index contributed by atoms with van der Waals surface area (Å²) in [4.78, 5) is 35.2. The molecule has 0 aliphatic carbocycles. The number of aromatic carboxylic acids is 1. The fourth-order valence-corrected chi connectivity index (χ4v) is 4.87. The number of anilines is 3. The Labute approximate surface area is 234 Å². The molecule has 1 fully saturated rings. The third-order valence-electron chi connectivity index (χ3n) is 6.81. The van der Waals surface area contributed by atoms with Gasteiger partial charge in [0.1, 0.15) is 30.3 Å². The van der Waals surface area contributed by atoms with Crippen LogP contribution in [0.2, 0.25) is 0 Å². The molecule has 2 aromatic heterocycles. The Hall–Kier alpha value is -4.62. The van der Waals surface area contributed by atoms with E-state index < -0.39 is 17.7 Å². The maximum atomic E-state index is 13.4. The summed E-state index contributed by atoms with van der Waals surface area (Å²) in [6.07, 6.45) is 5.70. The van der Waals surface area contributed by atoms with Crippen LogP contribution in [-0.2, 0) is 11.3 Å². The Kier molecular flexibility index (Phi) is 8.65. The summed E-state index contributed by atoms with van der Waals surface area (Å²) >= 11 is 0. The van der Waals surface area contributed by atoms with E-state index in [4.69, 9.17) is 4.74 Å². The van der Waals surface area contributed by atoms with Crippen LogP contribution >= 0.6 is 0 Å². The number of carboxylic acid groups (broad SMARTS) is 1. The molecule has 13 heteroatoms. The molecule has 1 aliphatic rings. The van der Waals surface area contributed by atoms with Crippen LogP contribution in [0, 0.1) is 5.82 Å². The molecule has 41 heavy (non-hydrogen) atoms. The molecule has 1 saturated heterocycles. The Balaban J connectivity index is 1.24. The standard InChI is InChI=1S/C28H30FN7O5/c29-18-4-1-5-19(12-18)32-25(38)15-36-14-24(26(34-36)28(39)40)33-27-22-8-7-21(13-23(22)30-17-31-27)41-11-3-10-35-9-2-6-20(35)16-37/h1,4-5,7-8,12-14,17,20,37H,2-3,6,9-11,15-16H2,(H,32,38)(H,39,40)(H,30,31,33)/t20-/m1/s1. The van der Waals surface area contributed by atoms with Gasteiger partial charge < -0.3 is 25.6 Å². The van der Waals surface area contributed by atoms with Crippen molar-refractivity contribution >= 4 is 40.0 Å². The van der Waals surface area contributed by atoms with Gasteiger partial charge in [-0.15, -0.1) is 0 Å². The van der Waals surface area contributed by atoms with Crippen molar-refractivity contribution in [2.24, 2.45) is 0 Å². The lowest BCUT2D eigenvalue weighted by atomic mass is 10.2. The van der Waals surface area contributed by atoms with Gasteiger partial charge in [-0.2, -0.15) is 5.10 Å². The first kappa shape index (κ1) is 27.9. The van der Waals surface area contributed by atoms with Crippen LogP contribution in [0.25, 0.3) is 10.9 Å². The normalized spacial score (nSPS) is 15.2. The van der Waals surface area contributed by atoms with Crippen molar-refractivity contribution in [1.29, 1.82) is 0 Å². The molecule has 0 unspecified atom stereocenters. The van der Waals surface area contributed by atoms with Gasteiger partial charge in [0.25, 0.3) is 0 Å².